The molecular weight excluding hydrogens is 242 g/mol. The van der Waals surface area contributed by atoms with Crippen LogP contribution in [-0.2, 0) is 22.5 Å². The second-order valence-corrected chi connectivity index (χ2v) is 5.51. The first kappa shape index (κ1) is 12.7. The average Bonchev–Trinajstić information content (AvgIpc) is 2.93. The van der Waals surface area contributed by atoms with E-state index in [4.69, 9.17) is 4.74 Å². The van der Waals surface area contributed by atoms with Gasteiger partial charge in [0.1, 0.15) is 6.61 Å². The van der Waals surface area contributed by atoms with Gasteiger partial charge < -0.3 is 9.64 Å². The lowest BCUT2D eigenvalue weighted by atomic mass is 9.98. The zero-order valence-electron chi connectivity index (χ0n) is 11.2. The number of carbonyl (C=O) groups excluding carboxylic acids is 1. The Morgan fingerprint density at radius 2 is 2.26 bits per heavy atom. The zero-order valence-corrected chi connectivity index (χ0v) is 11.2. The highest BCUT2D eigenvalue weighted by Gasteiger charge is 2.23. The third kappa shape index (κ3) is 2.97. The molecule has 0 radical (unpaired) electrons. The minimum atomic E-state index is 0.109. The van der Waals surface area contributed by atoms with E-state index in [1.165, 1.54) is 19.3 Å². The molecule has 1 saturated carbocycles. The number of aromatic nitrogens is 2. The van der Waals surface area contributed by atoms with Gasteiger partial charge >= 0.3 is 0 Å². The third-order valence-electron chi connectivity index (χ3n) is 4.15. The third-order valence-corrected chi connectivity index (χ3v) is 4.15. The van der Waals surface area contributed by atoms with Crippen molar-refractivity contribution in [3.05, 3.63) is 17.5 Å². The highest BCUT2D eigenvalue weighted by molar-refractivity contribution is 5.77. The Bertz CT molecular complexity index is 438. The van der Waals surface area contributed by atoms with Crippen LogP contribution in [0.25, 0.3) is 0 Å². The number of nitrogens with zero attached hydrogens (tertiary/aromatic N) is 2. The van der Waals surface area contributed by atoms with Crippen LogP contribution in [0.1, 0.15) is 43.4 Å². The van der Waals surface area contributed by atoms with E-state index in [0.717, 1.165) is 37.1 Å². The Balaban J connectivity index is 1.48. The van der Waals surface area contributed by atoms with Gasteiger partial charge in [0.2, 0.25) is 5.91 Å². The van der Waals surface area contributed by atoms with Gasteiger partial charge in [0.05, 0.1) is 12.3 Å². The predicted molar refractivity (Wildman–Crippen MR) is 70.5 cm³/mol. The van der Waals surface area contributed by atoms with E-state index >= 15 is 0 Å². The molecule has 0 aromatic carbocycles. The topological polar surface area (TPSA) is 58.2 Å². The lowest BCUT2D eigenvalue weighted by molar-refractivity contribution is -0.139. The van der Waals surface area contributed by atoms with Gasteiger partial charge in [-0.1, -0.05) is 19.3 Å². The van der Waals surface area contributed by atoms with Gasteiger partial charge in [0.25, 0.3) is 0 Å². The molecule has 5 heteroatoms. The fourth-order valence-electron chi connectivity index (χ4n) is 2.95. The molecule has 1 aliphatic heterocycles. The van der Waals surface area contributed by atoms with Crippen LogP contribution < -0.4 is 0 Å². The molecule has 1 amide bonds. The summed E-state index contributed by atoms with van der Waals surface area (Å²) in [6.45, 7) is 1.67. The van der Waals surface area contributed by atoms with Crippen molar-refractivity contribution in [3.8, 4) is 0 Å². The van der Waals surface area contributed by atoms with Gasteiger partial charge in [-0.25, -0.2) is 0 Å². The van der Waals surface area contributed by atoms with Crippen LogP contribution in [0.4, 0.5) is 0 Å². The molecule has 1 aromatic rings. The first-order chi connectivity index (χ1) is 9.33. The molecule has 2 heterocycles. The van der Waals surface area contributed by atoms with Gasteiger partial charge in [0, 0.05) is 30.8 Å². The van der Waals surface area contributed by atoms with Crippen LogP contribution in [0.5, 0.6) is 0 Å². The molecule has 2 aliphatic rings. The molecule has 0 bridgehead atoms. The minimum absolute atomic E-state index is 0.109. The standard InChI is InChI=1S/C14H21N3O2/c18-14(10-19-12-4-2-1-3-5-12)17-7-6-13-11(9-17)8-15-16-13/h8,12H,1-7,9-10H2,(H,15,16). The lowest BCUT2D eigenvalue weighted by Crippen LogP contribution is -2.38. The van der Waals surface area contributed by atoms with Crippen LogP contribution in [-0.4, -0.2) is 40.3 Å². The summed E-state index contributed by atoms with van der Waals surface area (Å²) in [5.41, 5.74) is 2.30. The highest BCUT2D eigenvalue weighted by atomic mass is 16.5. The lowest BCUT2D eigenvalue weighted by Gasteiger charge is -2.28. The number of hydrogen-bond donors (Lipinski definition) is 1. The predicted octanol–water partition coefficient (Wildman–Crippen LogP) is 1.64. The SMILES string of the molecule is O=C(COC1CCCCC1)N1CCc2[nH]ncc2C1. The summed E-state index contributed by atoms with van der Waals surface area (Å²) in [7, 11) is 0. The van der Waals surface area contributed by atoms with Crippen LogP contribution in [0.2, 0.25) is 0 Å². The summed E-state index contributed by atoms with van der Waals surface area (Å²) < 4.78 is 5.75. The first-order valence-corrected chi connectivity index (χ1v) is 7.23. The fourth-order valence-corrected chi connectivity index (χ4v) is 2.95. The summed E-state index contributed by atoms with van der Waals surface area (Å²) in [5.74, 6) is 0.109. The number of fused-ring (bicyclic) bond motifs is 1. The molecule has 104 valence electrons. The fraction of sp³-hybridized carbons (Fsp3) is 0.714. The van der Waals surface area contributed by atoms with E-state index in [9.17, 15) is 4.79 Å². The smallest absolute Gasteiger partial charge is 0.248 e. The van der Waals surface area contributed by atoms with Crippen molar-refractivity contribution in [2.24, 2.45) is 0 Å². The Morgan fingerprint density at radius 1 is 1.42 bits per heavy atom. The minimum Gasteiger partial charge on any atom is -0.368 e. The summed E-state index contributed by atoms with van der Waals surface area (Å²) >= 11 is 0. The molecule has 0 atom stereocenters. The molecule has 1 fully saturated rings. The highest BCUT2D eigenvalue weighted by Crippen LogP contribution is 2.21. The van der Waals surface area contributed by atoms with Crippen LogP contribution in [0.3, 0.4) is 0 Å². The van der Waals surface area contributed by atoms with E-state index in [1.807, 2.05) is 11.1 Å². The Kier molecular flexibility index (Phi) is 3.82. The summed E-state index contributed by atoms with van der Waals surface area (Å²) in [5, 5.41) is 7.00. The van der Waals surface area contributed by atoms with Crippen LogP contribution in [0, 0.1) is 0 Å². The van der Waals surface area contributed by atoms with Crippen LogP contribution in [0.15, 0.2) is 6.20 Å². The molecule has 0 unspecified atom stereocenters. The van der Waals surface area contributed by atoms with Crippen LogP contribution >= 0.6 is 0 Å². The second kappa shape index (κ2) is 5.74. The number of nitrogens with one attached hydrogen (secondary N) is 1. The number of aromatic amines is 1. The molecule has 0 saturated heterocycles. The van der Waals surface area contributed by atoms with Gasteiger partial charge in [-0.2, -0.15) is 5.10 Å². The molecule has 0 spiro atoms. The number of amides is 1. The van der Waals surface area contributed by atoms with Crippen molar-refractivity contribution >= 4 is 5.91 Å². The van der Waals surface area contributed by atoms with Gasteiger partial charge in [-0.15, -0.1) is 0 Å². The Morgan fingerprint density at radius 3 is 3.11 bits per heavy atom. The maximum atomic E-state index is 12.1. The Labute approximate surface area is 113 Å². The van der Waals surface area contributed by atoms with Gasteiger partial charge in [-0.05, 0) is 12.8 Å². The normalized spacial score (nSPS) is 20.3. The molecular formula is C14H21N3O2. The van der Waals surface area contributed by atoms with E-state index < -0.39 is 0 Å². The molecule has 1 aromatic heterocycles. The second-order valence-electron chi connectivity index (χ2n) is 5.51. The Hall–Kier alpha value is -1.36. The van der Waals surface area contributed by atoms with Crippen molar-refractivity contribution < 1.29 is 9.53 Å². The van der Waals surface area contributed by atoms with E-state index in [2.05, 4.69) is 10.2 Å². The quantitative estimate of drug-likeness (QED) is 0.902. The number of ether oxygens (including phenoxy) is 1. The maximum absolute atomic E-state index is 12.1. The van der Waals surface area contributed by atoms with Gasteiger partial charge in [0.15, 0.2) is 0 Å². The van der Waals surface area contributed by atoms with Crippen molar-refractivity contribution in [1.82, 2.24) is 15.1 Å². The molecule has 19 heavy (non-hydrogen) atoms. The molecule has 1 aliphatic carbocycles. The van der Waals surface area contributed by atoms with Crippen molar-refractivity contribution in [2.75, 3.05) is 13.2 Å². The zero-order chi connectivity index (χ0) is 13.1. The number of H-pyrrole nitrogens is 1. The summed E-state index contributed by atoms with van der Waals surface area (Å²) in [6, 6.07) is 0. The van der Waals surface area contributed by atoms with Crippen molar-refractivity contribution in [2.45, 2.75) is 51.2 Å². The number of rotatable bonds is 3. The van der Waals surface area contributed by atoms with Gasteiger partial charge in [-0.3, -0.25) is 9.89 Å². The monoisotopic (exact) mass is 263 g/mol. The van der Waals surface area contributed by atoms with E-state index in [-0.39, 0.29) is 12.5 Å². The van der Waals surface area contributed by atoms with Crippen molar-refractivity contribution in [3.63, 3.8) is 0 Å². The van der Waals surface area contributed by atoms with E-state index in [0.29, 0.717) is 12.6 Å². The van der Waals surface area contributed by atoms with E-state index in [1.54, 1.807) is 0 Å². The largest absolute Gasteiger partial charge is 0.368 e. The average molecular weight is 263 g/mol. The summed E-state index contributed by atoms with van der Waals surface area (Å²) in [6.07, 6.45) is 8.98. The number of carbonyl (C=O) groups is 1. The molecule has 5 nitrogen and oxygen atoms in total. The maximum Gasteiger partial charge on any atom is 0.248 e. The first-order valence-electron chi connectivity index (χ1n) is 7.23. The summed E-state index contributed by atoms with van der Waals surface area (Å²) in [4.78, 5) is 14.0. The molecule has 1 N–H and O–H groups in total. The molecule has 3 rings (SSSR count). The van der Waals surface area contributed by atoms with Crippen molar-refractivity contribution in [1.29, 1.82) is 0 Å². The number of hydrogen-bond acceptors (Lipinski definition) is 3.